The van der Waals surface area contributed by atoms with E-state index in [4.69, 9.17) is 14.5 Å². The molecule has 0 bridgehead atoms. The molecule has 0 aliphatic heterocycles. The number of allylic oxidation sites excluding steroid dienone is 1. The van der Waals surface area contributed by atoms with Gasteiger partial charge in [0.25, 0.3) is 5.56 Å². The van der Waals surface area contributed by atoms with Crippen molar-refractivity contribution in [1.29, 1.82) is 0 Å². The Morgan fingerprint density at radius 2 is 1.93 bits per heavy atom. The smallest absolute Gasteiger partial charge is 0.260 e. The van der Waals surface area contributed by atoms with E-state index in [1.165, 1.54) is 17.8 Å². The van der Waals surface area contributed by atoms with Crippen LogP contribution in [0, 0.1) is 5.82 Å². The lowest BCUT2D eigenvalue weighted by Crippen LogP contribution is -2.21. The predicted octanol–water partition coefficient (Wildman–Crippen LogP) is 6.53. The first-order valence-corrected chi connectivity index (χ1v) is 16.3. The minimum absolute atomic E-state index is 0.151. The third-order valence-electron chi connectivity index (χ3n) is 7.32. The number of rotatable bonds is 13. The number of hydrogen-bond donors (Lipinski definition) is 1. The Bertz CT molecular complexity index is 2060. The molecule has 0 saturated carbocycles. The van der Waals surface area contributed by atoms with E-state index in [9.17, 15) is 4.79 Å². The summed E-state index contributed by atoms with van der Waals surface area (Å²) in [5, 5.41) is 7.80. The summed E-state index contributed by atoms with van der Waals surface area (Å²) in [5.74, 6) is 0.193. The zero-order chi connectivity index (χ0) is 32.0. The second-order valence-electron chi connectivity index (χ2n) is 10.4. The lowest BCUT2D eigenvalue weighted by atomic mass is 10.1. The molecular formula is C33H32FN7O3S2. The lowest BCUT2D eigenvalue weighted by Gasteiger charge is -2.16. The molecule has 5 aromatic heterocycles. The van der Waals surface area contributed by atoms with Gasteiger partial charge in [0.15, 0.2) is 16.0 Å². The van der Waals surface area contributed by atoms with Crippen LogP contribution in [0.4, 0.5) is 10.2 Å². The number of hydrogen-bond acceptors (Lipinski definition) is 10. The Kier molecular flexibility index (Phi) is 9.71. The lowest BCUT2D eigenvalue weighted by molar-refractivity contribution is 0.146. The van der Waals surface area contributed by atoms with Gasteiger partial charge in [-0.05, 0) is 42.3 Å². The predicted molar refractivity (Wildman–Crippen MR) is 181 cm³/mol. The molecule has 10 nitrogen and oxygen atoms in total. The number of nitrogens with zero attached hydrogens (tertiary/aromatic N) is 6. The molecule has 1 aromatic carbocycles. The number of methoxy groups -OCH3 is 1. The van der Waals surface area contributed by atoms with E-state index in [0.29, 0.717) is 54.9 Å². The SMILES string of the molecule is CC/C(CNc1ncc(-c2cnn(C)c2)cc1F)=C(\Cn1ccc2ncc(OCCOC)cc2c1=O)Sc1nc2ccccc2s1. The minimum Gasteiger partial charge on any atom is -0.490 e. The van der Waals surface area contributed by atoms with Crippen LogP contribution in [-0.4, -0.2) is 56.2 Å². The van der Waals surface area contributed by atoms with E-state index in [1.807, 2.05) is 50.5 Å². The van der Waals surface area contributed by atoms with Gasteiger partial charge in [0.05, 0.1) is 46.7 Å². The summed E-state index contributed by atoms with van der Waals surface area (Å²) >= 11 is 3.12. The summed E-state index contributed by atoms with van der Waals surface area (Å²) in [6.07, 6.45) is 9.14. The quantitative estimate of drug-likeness (QED) is 0.109. The van der Waals surface area contributed by atoms with E-state index in [0.717, 1.165) is 30.6 Å². The van der Waals surface area contributed by atoms with E-state index in [1.54, 1.807) is 58.5 Å². The van der Waals surface area contributed by atoms with Gasteiger partial charge in [0, 0.05) is 55.3 Å². The van der Waals surface area contributed by atoms with Crippen molar-refractivity contribution >= 4 is 50.0 Å². The number of thioether (sulfide) groups is 1. The van der Waals surface area contributed by atoms with Crippen molar-refractivity contribution in [2.45, 2.75) is 24.2 Å². The zero-order valence-electron chi connectivity index (χ0n) is 25.6. The van der Waals surface area contributed by atoms with Crippen LogP contribution in [0.5, 0.6) is 5.75 Å². The fourth-order valence-electron chi connectivity index (χ4n) is 4.87. The molecule has 0 radical (unpaired) electrons. The fourth-order valence-corrected chi connectivity index (χ4v) is 7.22. The second-order valence-corrected chi connectivity index (χ2v) is 12.8. The van der Waals surface area contributed by atoms with Gasteiger partial charge in [0.1, 0.15) is 12.4 Å². The number of nitrogens with one attached hydrogen (secondary N) is 1. The summed E-state index contributed by atoms with van der Waals surface area (Å²) in [6, 6.07) is 13.0. The maximum atomic E-state index is 15.2. The number of aromatic nitrogens is 6. The van der Waals surface area contributed by atoms with Crippen LogP contribution >= 0.6 is 23.1 Å². The number of halogens is 1. The molecule has 0 amide bonds. The monoisotopic (exact) mass is 657 g/mol. The Morgan fingerprint density at radius 1 is 1.07 bits per heavy atom. The Labute approximate surface area is 272 Å². The number of para-hydroxylation sites is 1. The highest BCUT2D eigenvalue weighted by Gasteiger charge is 2.16. The van der Waals surface area contributed by atoms with Crippen LogP contribution in [0.15, 0.2) is 93.1 Å². The molecule has 0 unspecified atom stereocenters. The number of pyridine rings is 3. The molecule has 0 saturated heterocycles. The highest BCUT2D eigenvalue weighted by atomic mass is 32.2. The number of benzene rings is 1. The molecule has 0 fully saturated rings. The van der Waals surface area contributed by atoms with Crippen molar-refractivity contribution in [3.63, 3.8) is 0 Å². The fraction of sp³-hybridized carbons (Fsp3) is 0.242. The molecular weight excluding hydrogens is 626 g/mol. The maximum Gasteiger partial charge on any atom is 0.260 e. The van der Waals surface area contributed by atoms with Crippen molar-refractivity contribution in [3.8, 4) is 16.9 Å². The van der Waals surface area contributed by atoms with Crippen LogP contribution < -0.4 is 15.6 Å². The number of anilines is 1. The molecule has 13 heteroatoms. The summed E-state index contributed by atoms with van der Waals surface area (Å²) < 4.78 is 31.2. The second kappa shape index (κ2) is 14.2. The van der Waals surface area contributed by atoms with Gasteiger partial charge >= 0.3 is 0 Å². The van der Waals surface area contributed by atoms with E-state index < -0.39 is 5.82 Å². The standard InChI is InChI=1S/C33H32FN7O3S2/c1-4-21(15-36-31-26(34)13-22(16-37-31)23-17-38-40(2)19-23)30(46-33-39-28-7-5-6-8-29(28)45-33)20-41-10-9-27-25(32(41)42)14-24(18-35-27)44-12-11-43-3/h5-10,13-14,16-19H,4,11-12,15,20H2,1-3H3,(H,36,37)/b30-21-. The zero-order valence-corrected chi connectivity index (χ0v) is 27.2. The van der Waals surface area contributed by atoms with Crippen LogP contribution in [0.25, 0.3) is 32.2 Å². The third-order valence-corrected chi connectivity index (χ3v) is 9.58. The van der Waals surface area contributed by atoms with Gasteiger partial charge in [-0.2, -0.15) is 5.10 Å². The van der Waals surface area contributed by atoms with Crippen molar-refractivity contribution in [3.05, 3.63) is 100 Å². The van der Waals surface area contributed by atoms with Crippen molar-refractivity contribution in [1.82, 2.24) is 29.3 Å². The summed E-state index contributed by atoms with van der Waals surface area (Å²) in [7, 11) is 3.41. The molecule has 6 rings (SSSR count). The average molecular weight is 658 g/mol. The van der Waals surface area contributed by atoms with Gasteiger partial charge in [-0.25, -0.2) is 14.4 Å². The number of aryl methyl sites for hydroxylation is 1. The van der Waals surface area contributed by atoms with E-state index >= 15 is 4.39 Å². The highest BCUT2D eigenvalue weighted by molar-refractivity contribution is 8.04. The van der Waals surface area contributed by atoms with Crippen molar-refractivity contribution in [2.24, 2.45) is 7.05 Å². The summed E-state index contributed by atoms with van der Waals surface area (Å²) in [5.41, 5.74) is 3.75. The number of ether oxygens (including phenoxy) is 2. The Hall–Kier alpha value is -4.59. The van der Waals surface area contributed by atoms with E-state index in [2.05, 4.69) is 20.4 Å². The van der Waals surface area contributed by atoms with Gasteiger partial charge in [-0.3, -0.25) is 14.5 Å². The number of thiazole rings is 1. The highest BCUT2D eigenvalue weighted by Crippen LogP contribution is 2.36. The topological polar surface area (TPSA) is 109 Å². The van der Waals surface area contributed by atoms with Crippen LogP contribution in [0.2, 0.25) is 0 Å². The van der Waals surface area contributed by atoms with E-state index in [-0.39, 0.29) is 11.4 Å². The van der Waals surface area contributed by atoms with Crippen LogP contribution in [0.1, 0.15) is 13.3 Å². The van der Waals surface area contributed by atoms with Gasteiger partial charge in [0.2, 0.25) is 0 Å². The summed E-state index contributed by atoms with van der Waals surface area (Å²) in [4.78, 5) is 28.3. The molecule has 0 spiro atoms. The maximum absolute atomic E-state index is 15.2. The molecule has 0 aliphatic carbocycles. The molecule has 6 aromatic rings. The third kappa shape index (κ3) is 7.11. The van der Waals surface area contributed by atoms with Crippen LogP contribution in [0.3, 0.4) is 0 Å². The molecule has 1 N–H and O–H groups in total. The largest absolute Gasteiger partial charge is 0.490 e. The molecule has 46 heavy (non-hydrogen) atoms. The van der Waals surface area contributed by atoms with Gasteiger partial charge in [-0.1, -0.05) is 30.8 Å². The summed E-state index contributed by atoms with van der Waals surface area (Å²) in [6.45, 7) is 3.45. The molecule has 0 aliphatic rings. The Balaban J connectivity index is 1.31. The first-order valence-electron chi connectivity index (χ1n) is 14.7. The first kappa shape index (κ1) is 31.4. The molecule has 236 valence electrons. The van der Waals surface area contributed by atoms with Gasteiger partial charge in [-0.15, -0.1) is 11.3 Å². The normalized spacial score (nSPS) is 12.1. The number of fused-ring (bicyclic) bond motifs is 2. The Morgan fingerprint density at radius 3 is 2.70 bits per heavy atom. The minimum atomic E-state index is -0.459. The van der Waals surface area contributed by atoms with Crippen molar-refractivity contribution in [2.75, 3.05) is 32.2 Å². The average Bonchev–Trinajstić information content (AvgIpc) is 3.69. The van der Waals surface area contributed by atoms with Gasteiger partial charge < -0.3 is 19.4 Å². The van der Waals surface area contributed by atoms with Crippen molar-refractivity contribution < 1.29 is 13.9 Å². The molecule has 0 atom stereocenters. The first-order chi connectivity index (χ1) is 22.4. The van der Waals surface area contributed by atoms with Crippen LogP contribution in [-0.2, 0) is 18.3 Å². The molecule has 5 heterocycles.